The summed E-state index contributed by atoms with van der Waals surface area (Å²) < 4.78 is 16.6. The van der Waals surface area contributed by atoms with Crippen LogP contribution in [-0.4, -0.2) is 38.4 Å². The number of aromatic carboxylic acids is 1. The van der Waals surface area contributed by atoms with E-state index in [1.165, 1.54) is 6.20 Å². The Balaban J connectivity index is 0.000000257. The Bertz CT molecular complexity index is 1550. The minimum Gasteiger partial charge on any atom is -0.486 e. The van der Waals surface area contributed by atoms with Gasteiger partial charge in [0.05, 0.1) is 6.42 Å². The molecule has 0 spiro atoms. The minimum atomic E-state index is -1.09. The third-order valence-corrected chi connectivity index (χ3v) is 5.90. The zero-order valence-corrected chi connectivity index (χ0v) is 25.7. The summed E-state index contributed by atoms with van der Waals surface area (Å²) in [5.41, 5.74) is 3.37. The van der Waals surface area contributed by atoms with Crippen LogP contribution in [0.3, 0.4) is 0 Å². The predicted molar refractivity (Wildman–Crippen MR) is 166 cm³/mol. The first-order valence-corrected chi connectivity index (χ1v) is 14.2. The zero-order chi connectivity index (χ0) is 32.1. The van der Waals surface area contributed by atoms with Crippen LogP contribution in [-0.2, 0) is 22.7 Å². The SMILES string of the molecule is Cc1cnc(C(=O)CCC(=O)OC(C)(C)C)c(OCc2ccccc2)c1.Cc1cnc(C(=O)O)c(OCc2ccccc2)c1. The minimum absolute atomic E-state index is 0.0176. The first kappa shape index (κ1) is 33.5. The Kier molecular flexibility index (Phi) is 12.1. The number of esters is 1. The summed E-state index contributed by atoms with van der Waals surface area (Å²) in [7, 11) is 0. The molecular weight excluding hydrogens is 560 g/mol. The Morgan fingerprint density at radius 2 is 1.16 bits per heavy atom. The number of pyridine rings is 2. The highest BCUT2D eigenvalue weighted by atomic mass is 16.6. The summed E-state index contributed by atoms with van der Waals surface area (Å²) in [6.45, 7) is 9.78. The summed E-state index contributed by atoms with van der Waals surface area (Å²) in [6, 6.07) is 22.7. The molecule has 0 aliphatic heterocycles. The normalized spacial score (nSPS) is 10.7. The number of aryl methyl sites for hydroxylation is 2. The third kappa shape index (κ3) is 11.3. The van der Waals surface area contributed by atoms with E-state index in [4.69, 9.17) is 19.3 Å². The average molecular weight is 599 g/mol. The number of hydrogen-bond acceptors (Lipinski definition) is 8. The number of carboxylic acid groups (broad SMARTS) is 1. The van der Waals surface area contributed by atoms with Gasteiger partial charge >= 0.3 is 11.9 Å². The van der Waals surface area contributed by atoms with Crippen molar-refractivity contribution in [2.45, 2.75) is 66.3 Å². The molecule has 44 heavy (non-hydrogen) atoms. The maximum atomic E-state index is 12.5. The van der Waals surface area contributed by atoms with Crippen LogP contribution >= 0.6 is 0 Å². The molecule has 1 N–H and O–H groups in total. The lowest BCUT2D eigenvalue weighted by Gasteiger charge is -2.19. The van der Waals surface area contributed by atoms with Crippen molar-refractivity contribution in [2.24, 2.45) is 0 Å². The summed E-state index contributed by atoms with van der Waals surface area (Å²) in [4.78, 5) is 43.4. The van der Waals surface area contributed by atoms with Crippen molar-refractivity contribution in [3.8, 4) is 11.5 Å². The Morgan fingerprint density at radius 3 is 1.61 bits per heavy atom. The van der Waals surface area contributed by atoms with E-state index in [9.17, 15) is 14.4 Å². The number of carbonyl (C=O) groups is 3. The van der Waals surface area contributed by atoms with Crippen LogP contribution in [0, 0.1) is 13.8 Å². The van der Waals surface area contributed by atoms with Gasteiger partial charge in [0.25, 0.3) is 0 Å². The number of benzene rings is 2. The van der Waals surface area contributed by atoms with Gasteiger partial charge in [-0.3, -0.25) is 9.59 Å². The molecule has 9 nitrogen and oxygen atoms in total. The van der Waals surface area contributed by atoms with Gasteiger partial charge in [-0.2, -0.15) is 0 Å². The summed E-state index contributed by atoms with van der Waals surface area (Å²) in [6.07, 6.45) is 3.19. The van der Waals surface area contributed by atoms with Gasteiger partial charge in [-0.1, -0.05) is 60.7 Å². The van der Waals surface area contributed by atoms with Crippen molar-refractivity contribution in [1.82, 2.24) is 9.97 Å². The number of carboxylic acids is 1. The van der Waals surface area contributed by atoms with Crippen LogP contribution in [0.15, 0.2) is 85.2 Å². The number of hydrogen-bond donors (Lipinski definition) is 1. The van der Waals surface area contributed by atoms with Gasteiger partial charge in [-0.15, -0.1) is 0 Å². The lowest BCUT2D eigenvalue weighted by Crippen LogP contribution is -2.24. The van der Waals surface area contributed by atoms with Gasteiger partial charge in [0.15, 0.2) is 17.2 Å². The Morgan fingerprint density at radius 1 is 0.705 bits per heavy atom. The number of aromatic nitrogens is 2. The molecule has 0 amide bonds. The summed E-state index contributed by atoms with van der Waals surface area (Å²) in [5, 5.41) is 9.01. The molecule has 4 rings (SSSR count). The molecule has 230 valence electrons. The topological polar surface area (TPSA) is 125 Å². The smallest absolute Gasteiger partial charge is 0.358 e. The maximum absolute atomic E-state index is 12.5. The van der Waals surface area contributed by atoms with E-state index in [-0.39, 0.29) is 30.0 Å². The summed E-state index contributed by atoms with van der Waals surface area (Å²) in [5.74, 6) is -0.990. The van der Waals surface area contributed by atoms with Crippen molar-refractivity contribution in [3.05, 3.63) is 119 Å². The molecule has 0 saturated carbocycles. The monoisotopic (exact) mass is 598 g/mol. The quantitative estimate of drug-likeness (QED) is 0.144. The molecule has 0 unspecified atom stereocenters. The molecule has 0 atom stereocenters. The number of Topliss-reactive ketones (excluding diaryl/α,β-unsaturated/α-hetero) is 1. The lowest BCUT2D eigenvalue weighted by atomic mass is 10.1. The lowest BCUT2D eigenvalue weighted by molar-refractivity contribution is -0.154. The fraction of sp³-hybridized carbons (Fsp3) is 0.286. The first-order chi connectivity index (χ1) is 20.9. The van der Waals surface area contributed by atoms with Crippen LogP contribution in [0.2, 0.25) is 0 Å². The van der Waals surface area contributed by atoms with E-state index >= 15 is 0 Å². The van der Waals surface area contributed by atoms with Crippen molar-refractivity contribution < 1.29 is 33.7 Å². The second kappa shape index (κ2) is 16.0. The summed E-state index contributed by atoms with van der Waals surface area (Å²) >= 11 is 0. The molecule has 9 heteroatoms. The van der Waals surface area contributed by atoms with E-state index in [2.05, 4.69) is 9.97 Å². The Labute approximate surface area is 257 Å². The Hall–Kier alpha value is -5.05. The highest BCUT2D eigenvalue weighted by molar-refractivity contribution is 5.98. The van der Waals surface area contributed by atoms with Crippen molar-refractivity contribution in [2.75, 3.05) is 0 Å². The van der Waals surface area contributed by atoms with E-state index in [1.807, 2.05) is 74.5 Å². The molecule has 2 heterocycles. The molecule has 2 aromatic heterocycles. The van der Waals surface area contributed by atoms with Crippen molar-refractivity contribution in [1.29, 1.82) is 0 Å². The van der Waals surface area contributed by atoms with Gasteiger partial charge in [-0.25, -0.2) is 14.8 Å². The fourth-order valence-electron chi connectivity index (χ4n) is 3.87. The van der Waals surface area contributed by atoms with Crippen LogP contribution in [0.4, 0.5) is 0 Å². The van der Waals surface area contributed by atoms with E-state index < -0.39 is 17.5 Å². The van der Waals surface area contributed by atoms with Crippen molar-refractivity contribution >= 4 is 17.7 Å². The van der Waals surface area contributed by atoms with E-state index in [0.29, 0.717) is 24.7 Å². The molecule has 2 aromatic carbocycles. The van der Waals surface area contributed by atoms with Crippen LogP contribution in [0.25, 0.3) is 0 Å². The molecule has 0 fully saturated rings. The fourth-order valence-corrected chi connectivity index (χ4v) is 3.87. The molecule has 4 aromatic rings. The highest BCUT2D eigenvalue weighted by Crippen LogP contribution is 2.22. The number of carbonyl (C=O) groups excluding carboxylic acids is 2. The van der Waals surface area contributed by atoms with Gasteiger partial charge in [0.1, 0.15) is 30.3 Å². The standard InChI is InChI=1S/C21H25NO4.C14H13NO3/c1-15-12-18(25-14-16-8-6-5-7-9-16)20(22-13-15)17(23)10-11-19(24)26-21(2,3)4;1-10-7-12(13(14(16)17)15-8-10)18-9-11-5-3-2-4-6-11/h5-9,12-13H,10-11,14H2,1-4H3;2-8H,9H2,1H3,(H,16,17). The van der Waals surface area contributed by atoms with E-state index in [1.54, 1.807) is 39.1 Å². The number of rotatable bonds is 11. The average Bonchev–Trinajstić information content (AvgIpc) is 2.98. The first-order valence-electron chi connectivity index (χ1n) is 14.2. The van der Waals surface area contributed by atoms with Gasteiger partial charge in [0, 0.05) is 18.8 Å². The predicted octanol–water partition coefficient (Wildman–Crippen LogP) is 6.94. The number of ketones is 1. The maximum Gasteiger partial charge on any atom is 0.358 e. The molecule has 0 radical (unpaired) electrons. The molecule has 0 aliphatic carbocycles. The second-order valence-electron chi connectivity index (χ2n) is 11.1. The molecule has 0 aliphatic rings. The van der Waals surface area contributed by atoms with Crippen molar-refractivity contribution in [3.63, 3.8) is 0 Å². The molecule has 0 saturated heterocycles. The molecular formula is C35H38N2O7. The van der Waals surface area contributed by atoms with Crippen LogP contribution < -0.4 is 9.47 Å². The van der Waals surface area contributed by atoms with Crippen LogP contribution in [0.1, 0.15) is 76.8 Å². The van der Waals surface area contributed by atoms with E-state index in [0.717, 1.165) is 22.3 Å². The highest BCUT2D eigenvalue weighted by Gasteiger charge is 2.20. The number of ether oxygens (including phenoxy) is 3. The molecule has 0 bridgehead atoms. The third-order valence-electron chi connectivity index (χ3n) is 5.90. The van der Waals surface area contributed by atoms with Gasteiger partial charge in [-0.05, 0) is 69.0 Å². The largest absolute Gasteiger partial charge is 0.486 e. The second-order valence-corrected chi connectivity index (χ2v) is 11.1. The number of nitrogens with zero attached hydrogens (tertiary/aromatic N) is 2. The van der Waals surface area contributed by atoms with Gasteiger partial charge < -0.3 is 19.3 Å². The zero-order valence-electron chi connectivity index (χ0n) is 25.7. The van der Waals surface area contributed by atoms with Gasteiger partial charge in [0.2, 0.25) is 0 Å². The van der Waals surface area contributed by atoms with Crippen LogP contribution in [0.5, 0.6) is 11.5 Å².